The van der Waals surface area contributed by atoms with Gasteiger partial charge in [0.15, 0.2) is 0 Å². The third-order valence-corrected chi connectivity index (χ3v) is 6.12. The van der Waals surface area contributed by atoms with E-state index in [9.17, 15) is 9.90 Å². The van der Waals surface area contributed by atoms with Gasteiger partial charge < -0.3 is 24.1 Å². The van der Waals surface area contributed by atoms with E-state index in [0.717, 1.165) is 37.1 Å². The van der Waals surface area contributed by atoms with Gasteiger partial charge in [-0.05, 0) is 49.6 Å². The maximum absolute atomic E-state index is 11.6. The Kier molecular flexibility index (Phi) is 6.30. The smallest absolute Gasteiger partial charge is 0.336 e. The number of para-hydroxylation sites is 1. The van der Waals surface area contributed by atoms with Gasteiger partial charge in [-0.15, -0.1) is 0 Å². The van der Waals surface area contributed by atoms with E-state index < -0.39 is 6.10 Å². The van der Waals surface area contributed by atoms with Crippen molar-refractivity contribution in [2.24, 2.45) is 0 Å². The van der Waals surface area contributed by atoms with Gasteiger partial charge in [0.25, 0.3) is 0 Å². The minimum atomic E-state index is -0.554. The molecule has 2 aromatic carbocycles. The third kappa shape index (κ3) is 4.92. The summed E-state index contributed by atoms with van der Waals surface area (Å²) in [5, 5.41) is 11.4. The number of rotatable bonds is 6. The fourth-order valence-corrected chi connectivity index (χ4v) is 4.53. The summed E-state index contributed by atoms with van der Waals surface area (Å²) in [5.74, 6) is 0.593. The van der Waals surface area contributed by atoms with Gasteiger partial charge in [-0.3, -0.25) is 0 Å². The number of aryl methyl sites for hydroxylation is 3. The predicted molar refractivity (Wildman–Crippen MR) is 122 cm³/mol. The Morgan fingerprint density at radius 1 is 1.06 bits per heavy atom. The van der Waals surface area contributed by atoms with Gasteiger partial charge >= 0.3 is 5.63 Å². The number of aliphatic hydroxyl groups excluding tert-OH is 1. The van der Waals surface area contributed by atoms with Gasteiger partial charge in [-0.1, -0.05) is 18.2 Å². The number of hydrogen-bond acceptors (Lipinski definition) is 5. The molecule has 2 N–H and O–H groups in total. The Balaban J connectivity index is 1.29. The molecule has 0 aliphatic carbocycles. The van der Waals surface area contributed by atoms with Crippen molar-refractivity contribution in [1.29, 1.82) is 0 Å². The lowest BCUT2D eigenvalue weighted by atomic mass is 10.1. The summed E-state index contributed by atoms with van der Waals surface area (Å²) in [6.45, 7) is 11.0. The Bertz CT molecular complexity index is 1100. The number of nitrogens with one attached hydrogen (secondary N) is 1. The van der Waals surface area contributed by atoms with Crippen LogP contribution in [0.2, 0.25) is 0 Å². The monoisotopic (exact) mass is 423 g/mol. The second-order valence-corrected chi connectivity index (χ2v) is 8.55. The summed E-state index contributed by atoms with van der Waals surface area (Å²) in [4.78, 5) is 15.4. The standard InChI is InChI=1S/C25H30N2O4/c1-17-5-4-6-18(2)25(17)27-11-9-26(10-12-27)15-20(28)16-30-21-7-8-22-19(3)13-24(29)31-23(22)14-21/h4-8,13-14,20,28H,9-12,15-16H2,1-3H3/p+1/t20-/m0/s1. The van der Waals surface area contributed by atoms with Crippen LogP contribution in [0, 0.1) is 20.8 Å². The van der Waals surface area contributed by atoms with Gasteiger partial charge in [0, 0.05) is 23.2 Å². The average Bonchev–Trinajstić information content (AvgIpc) is 2.73. The van der Waals surface area contributed by atoms with Crippen molar-refractivity contribution in [2.75, 3.05) is 44.2 Å². The molecule has 1 aromatic heterocycles. The normalized spacial score (nSPS) is 15.9. The van der Waals surface area contributed by atoms with Gasteiger partial charge in [0.05, 0.1) is 26.2 Å². The van der Waals surface area contributed by atoms with Crippen LogP contribution in [-0.2, 0) is 0 Å². The molecule has 0 spiro atoms. The minimum absolute atomic E-state index is 0.214. The van der Waals surface area contributed by atoms with Crippen LogP contribution in [0.3, 0.4) is 0 Å². The van der Waals surface area contributed by atoms with Crippen LogP contribution in [0.1, 0.15) is 16.7 Å². The molecule has 1 aliphatic heterocycles. The molecule has 31 heavy (non-hydrogen) atoms. The van der Waals surface area contributed by atoms with Crippen molar-refractivity contribution in [2.45, 2.75) is 26.9 Å². The van der Waals surface area contributed by atoms with E-state index >= 15 is 0 Å². The molecule has 0 radical (unpaired) electrons. The minimum Gasteiger partial charge on any atom is -0.491 e. The molecule has 1 fully saturated rings. The van der Waals surface area contributed by atoms with Crippen molar-refractivity contribution in [3.05, 3.63) is 69.6 Å². The molecule has 0 bridgehead atoms. The zero-order valence-corrected chi connectivity index (χ0v) is 18.5. The molecular weight excluding hydrogens is 392 g/mol. The van der Waals surface area contributed by atoms with Crippen LogP contribution in [0.25, 0.3) is 11.0 Å². The molecular formula is C25H31N2O4+. The van der Waals surface area contributed by atoms with Gasteiger partial charge in [0.2, 0.25) is 0 Å². The summed E-state index contributed by atoms with van der Waals surface area (Å²) in [7, 11) is 0. The van der Waals surface area contributed by atoms with Crippen molar-refractivity contribution in [1.82, 2.24) is 0 Å². The number of aliphatic hydroxyl groups is 1. The molecule has 3 aromatic rings. The Morgan fingerprint density at radius 2 is 1.77 bits per heavy atom. The van der Waals surface area contributed by atoms with E-state index in [1.54, 1.807) is 6.07 Å². The van der Waals surface area contributed by atoms with Crippen LogP contribution < -0.4 is 20.2 Å². The maximum Gasteiger partial charge on any atom is 0.336 e. The summed E-state index contributed by atoms with van der Waals surface area (Å²) in [6.07, 6.45) is -0.554. The van der Waals surface area contributed by atoms with E-state index in [4.69, 9.17) is 9.15 Å². The van der Waals surface area contributed by atoms with Crippen molar-refractivity contribution >= 4 is 16.7 Å². The number of piperazine rings is 1. The van der Waals surface area contributed by atoms with Crippen molar-refractivity contribution < 1.29 is 19.2 Å². The number of nitrogens with zero attached hydrogens (tertiary/aromatic N) is 1. The van der Waals surface area contributed by atoms with E-state index in [1.807, 2.05) is 19.1 Å². The first-order valence-electron chi connectivity index (χ1n) is 10.9. The fourth-order valence-electron chi connectivity index (χ4n) is 4.53. The molecule has 1 atom stereocenters. The lowest BCUT2D eigenvalue weighted by molar-refractivity contribution is -0.903. The first-order valence-corrected chi connectivity index (χ1v) is 10.9. The lowest BCUT2D eigenvalue weighted by Gasteiger charge is -2.36. The van der Waals surface area contributed by atoms with Gasteiger partial charge in [0.1, 0.15) is 30.6 Å². The van der Waals surface area contributed by atoms with Crippen molar-refractivity contribution in [3.63, 3.8) is 0 Å². The molecule has 4 rings (SSSR count). The Labute approximate surface area is 182 Å². The first kappa shape index (κ1) is 21.4. The summed E-state index contributed by atoms with van der Waals surface area (Å²) in [5.41, 5.74) is 5.00. The van der Waals surface area contributed by atoms with Crippen LogP contribution in [-0.4, -0.2) is 50.5 Å². The van der Waals surface area contributed by atoms with E-state index in [1.165, 1.54) is 27.8 Å². The number of anilines is 1. The van der Waals surface area contributed by atoms with Gasteiger partial charge in [-0.2, -0.15) is 0 Å². The molecule has 1 aliphatic rings. The van der Waals surface area contributed by atoms with Crippen LogP contribution in [0.5, 0.6) is 5.75 Å². The SMILES string of the molecule is Cc1cccc(C)c1N1CC[NH+](C[C@H](O)COc2ccc3c(C)cc(=O)oc3c2)CC1. The quantitative estimate of drug-likeness (QED) is 0.593. The molecule has 6 nitrogen and oxygen atoms in total. The molecule has 0 amide bonds. The molecule has 0 saturated carbocycles. The number of hydrogen-bond donors (Lipinski definition) is 2. The Hall–Kier alpha value is -2.83. The summed E-state index contributed by atoms with van der Waals surface area (Å²) in [6, 6.07) is 13.4. The molecule has 1 saturated heterocycles. The number of benzene rings is 2. The van der Waals surface area contributed by atoms with E-state index in [-0.39, 0.29) is 12.2 Å². The molecule has 2 heterocycles. The van der Waals surface area contributed by atoms with Crippen LogP contribution in [0.4, 0.5) is 5.69 Å². The molecule has 6 heteroatoms. The number of ether oxygens (including phenoxy) is 1. The molecule has 164 valence electrons. The number of quaternary nitrogens is 1. The molecule has 0 unspecified atom stereocenters. The second-order valence-electron chi connectivity index (χ2n) is 8.55. The van der Waals surface area contributed by atoms with Crippen LogP contribution in [0.15, 0.2) is 51.7 Å². The second kappa shape index (κ2) is 9.12. The number of fused-ring (bicyclic) bond motifs is 1. The highest BCUT2D eigenvalue weighted by molar-refractivity contribution is 5.81. The third-order valence-electron chi connectivity index (χ3n) is 6.12. The highest BCUT2D eigenvalue weighted by Crippen LogP contribution is 2.24. The highest BCUT2D eigenvalue weighted by atomic mass is 16.5. The summed E-state index contributed by atoms with van der Waals surface area (Å²) >= 11 is 0. The van der Waals surface area contributed by atoms with E-state index in [2.05, 4.69) is 36.9 Å². The highest BCUT2D eigenvalue weighted by Gasteiger charge is 2.24. The average molecular weight is 424 g/mol. The first-order chi connectivity index (χ1) is 14.9. The predicted octanol–water partition coefficient (Wildman–Crippen LogP) is 1.86. The van der Waals surface area contributed by atoms with Crippen LogP contribution >= 0.6 is 0 Å². The maximum atomic E-state index is 11.6. The zero-order valence-electron chi connectivity index (χ0n) is 18.5. The summed E-state index contributed by atoms with van der Waals surface area (Å²) < 4.78 is 11.1. The van der Waals surface area contributed by atoms with Gasteiger partial charge in [-0.25, -0.2) is 4.79 Å². The topological polar surface area (TPSA) is 67.3 Å². The van der Waals surface area contributed by atoms with E-state index in [0.29, 0.717) is 17.9 Å². The largest absolute Gasteiger partial charge is 0.491 e. The van der Waals surface area contributed by atoms with Crippen molar-refractivity contribution in [3.8, 4) is 5.75 Å². The zero-order chi connectivity index (χ0) is 22.0. The lowest BCUT2D eigenvalue weighted by Crippen LogP contribution is -3.16. The fraction of sp³-hybridized carbons (Fsp3) is 0.400. The Morgan fingerprint density at radius 3 is 2.48 bits per heavy atom.